The van der Waals surface area contributed by atoms with Crippen molar-refractivity contribution in [2.24, 2.45) is 5.16 Å². The third-order valence-electron chi connectivity index (χ3n) is 5.84. The maximum atomic E-state index is 6.27. The van der Waals surface area contributed by atoms with Crippen molar-refractivity contribution in [2.45, 2.75) is 50.7 Å². The molecular weight excluding hydrogens is 326 g/mol. The summed E-state index contributed by atoms with van der Waals surface area (Å²) in [4.78, 5) is 11.3. The Morgan fingerprint density at radius 2 is 2.12 bits per heavy atom. The maximum absolute atomic E-state index is 6.27. The lowest BCUT2D eigenvalue weighted by molar-refractivity contribution is -0.0657. The quantitative estimate of drug-likeness (QED) is 0.656. The van der Waals surface area contributed by atoms with Crippen LogP contribution in [-0.2, 0) is 16.0 Å². The molecule has 1 aromatic heterocycles. The lowest BCUT2D eigenvalue weighted by atomic mass is 9.88. The summed E-state index contributed by atoms with van der Waals surface area (Å²) < 4.78 is 6.27. The van der Waals surface area contributed by atoms with Gasteiger partial charge in [-0.2, -0.15) is 0 Å². The number of aromatic amines is 1. The van der Waals surface area contributed by atoms with Gasteiger partial charge in [0.1, 0.15) is 6.61 Å². The van der Waals surface area contributed by atoms with Gasteiger partial charge in [0.2, 0.25) is 0 Å². The molecule has 140 valence electrons. The van der Waals surface area contributed by atoms with E-state index in [1.165, 1.54) is 16.5 Å². The Morgan fingerprint density at radius 1 is 1.31 bits per heavy atom. The lowest BCUT2D eigenvalue weighted by Crippen LogP contribution is -2.42. The average Bonchev–Trinajstić information content (AvgIpc) is 3.19. The van der Waals surface area contributed by atoms with Gasteiger partial charge in [-0.1, -0.05) is 23.4 Å². The summed E-state index contributed by atoms with van der Waals surface area (Å²) in [6.45, 7) is 4.95. The summed E-state index contributed by atoms with van der Waals surface area (Å²) in [6, 6.07) is 8.43. The summed E-state index contributed by atoms with van der Waals surface area (Å²) in [6.07, 6.45) is 7.24. The summed E-state index contributed by atoms with van der Waals surface area (Å²) in [5.41, 5.74) is 3.61. The molecule has 0 radical (unpaired) electrons. The number of hydrogen-bond donors (Lipinski definition) is 1. The van der Waals surface area contributed by atoms with Crippen LogP contribution in [0.25, 0.3) is 10.9 Å². The Labute approximate surface area is 155 Å². The molecule has 1 N–H and O–H groups in total. The van der Waals surface area contributed by atoms with Crippen molar-refractivity contribution >= 4 is 16.6 Å². The summed E-state index contributed by atoms with van der Waals surface area (Å²) >= 11 is 0. The van der Waals surface area contributed by atoms with E-state index in [9.17, 15) is 0 Å². The number of ether oxygens (including phenoxy) is 1. The molecule has 0 saturated carbocycles. The number of rotatable bonds is 5. The number of oxime groups is 1. The van der Waals surface area contributed by atoms with Gasteiger partial charge in [0.25, 0.3) is 0 Å². The van der Waals surface area contributed by atoms with Gasteiger partial charge in [0.05, 0.1) is 17.4 Å². The molecule has 2 aromatic rings. The van der Waals surface area contributed by atoms with E-state index < -0.39 is 0 Å². The van der Waals surface area contributed by atoms with Crippen LogP contribution in [0.4, 0.5) is 0 Å². The van der Waals surface area contributed by atoms with Gasteiger partial charge in [-0.15, -0.1) is 0 Å². The Balaban J connectivity index is 1.26. The summed E-state index contributed by atoms with van der Waals surface area (Å²) in [5, 5.41) is 5.73. The van der Waals surface area contributed by atoms with Crippen molar-refractivity contribution in [3.8, 4) is 0 Å². The number of para-hydroxylation sites is 1. The molecule has 26 heavy (non-hydrogen) atoms. The number of nitrogens with one attached hydrogen (secondary N) is 1. The van der Waals surface area contributed by atoms with E-state index in [2.05, 4.69) is 59.5 Å². The van der Waals surface area contributed by atoms with Crippen molar-refractivity contribution in [3.63, 3.8) is 0 Å². The van der Waals surface area contributed by atoms with E-state index in [1.54, 1.807) is 0 Å². The number of benzene rings is 1. The zero-order valence-electron chi connectivity index (χ0n) is 15.8. The molecule has 2 saturated heterocycles. The van der Waals surface area contributed by atoms with Crippen LogP contribution in [0, 0.1) is 0 Å². The molecule has 0 aliphatic carbocycles. The molecule has 2 fully saturated rings. The number of fused-ring (bicyclic) bond motifs is 1. The lowest BCUT2D eigenvalue weighted by Gasteiger charge is -2.36. The van der Waals surface area contributed by atoms with E-state index in [0.717, 1.165) is 50.9 Å². The smallest absolute Gasteiger partial charge is 0.117 e. The first-order chi connectivity index (χ1) is 12.7. The van der Waals surface area contributed by atoms with Crippen LogP contribution >= 0.6 is 0 Å². The van der Waals surface area contributed by atoms with E-state index in [1.807, 2.05) is 0 Å². The molecule has 1 atom stereocenters. The van der Waals surface area contributed by atoms with Gasteiger partial charge in [-0.3, -0.25) is 0 Å². The minimum atomic E-state index is -0.00183. The van der Waals surface area contributed by atoms with Crippen LogP contribution in [0.3, 0.4) is 0 Å². The molecule has 5 nitrogen and oxygen atoms in total. The topological polar surface area (TPSA) is 49.9 Å². The summed E-state index contributed by atoms with van der Waals surface area (Å²) in [7, 11) is 2.18. The zero-order chi connectivity index (χ0) is 18.0. The van der Waals surface area contributed by atoms with Crippen LogP contribution < -0.4 is 0 Å². The number of aromatic nitrogens is 1. The second-order valence-corrected chi connectivity index (χ2v) is 7.80. The molecule has 4 rings (SSSR count). The van der Waals surface area contributed by atoms with Gasteiger partial charge in [-0.25, -0.2) is 0 Å². The second kappa shape index (κ2) is 7.41. The van der Waals surface area contributed by atoms with Crippen molar-refractivity contribution in [3.05, 3.63) is 36.0 Å². The van der Waals surface area contributed by atoms with Crippen molar-refractivity contribution in [1.29, 1.82) is 0 Å². The van der Waals surface area contributed by atoms with Crippen LogP contribution in [0.15, 0.2) is 35.6 Å². The zero-order valence-corrected chi connectivity index (χ0v) is 15.8. The number of hydrogen-bond acceptors (Lipinski definition) is 4. The van der Waals surface area contributed by atoms with Crippen molar-refractivity contribution < 1.29 is 9.57 Å². The average molecular weight is 355 g/mol. The standard InChI is InChI=1S/C21H29N3O2/c1-16-20(14-21(26-16)9-11-24(2)12-10-21)23-25-13-5-6-17-15-22-19-8-4-3-7-18(17)19/h3-4,7-8,15-16,22H,5-6,9-14H2,1-2H3. The van der Waals surface area contributed by atoms with Crippen LogP contribution in [-0.4, -0.2) is 54.0 Å². The fraction of sp³-hybridized carbons (Fsp3) is 0.571. The van der Waals surface area contributed by atoms with Gasteiger partial charge in [-0.05, 0) is 51.3 Å². The second-order valence-electron chi connectivity index (χ2n) is 7.80. The van der Waals surface area contributed by atoms with Crippen molar-refractivity contribution in [1.82, 2.24) is 9.88 Å². The van der Waals surface area contributed by atoms with Crippen LogP contribution in [0.1, 0.15) is 38.2 Å². The Morgan fingerprint density at radius 3 is 2.96 bits per heavy atom. The third kappa shape index (κ3) is 3.64. The number of aryl methyl sites for hydroxylation is 1. The summed E-state index contributed by atoms with van der Waals surface area (Å²) in [5.74, 6) is 0. The Hall–Kier alpha value is -1.85. The minimum absolute atomic E-state index is 0.00183. The highest BCUT2D eigenvalue weighted by Crippen LogP contribution is 2.37. The highest BCUT2D eigenvalue weighted by Gasteiger charge is 2.44. The molecule has 1 unspecified atom stereocenters. The molecule has 0 bridgehead atoms. The fourth-order valence-electron chi connectivity index (χ4n) is 4.18. The molecule has 1 spiro atoms. The number of nitrogens with zero attached hydrogens (tertiary/aromatic N) is 2. The predicted molar refractivity (Wildman–Crippen MR) is 105 cm³/mol. The fourth-order valence-corrected chi connectivity index (χ4v) is 4.18. The largest absolute Gasteiger partial charge is 0.396 e. The molecule has 0 amide bonds. The SMILES string of the molecule is CC1OC2(CCN(C)CC2)CC1=NOCCCc1c[nH]c2ccccc12. The monoisotopic (exact) mass is 355 g/mol. The maximum Gasteiger partial charge on any atom is 0.117 e. The normalized spacial score (nSPS) is 24.7. The first kappa shape index (κ1) is 17.6. The molecular formula is C21H29N3O2. The van der Waals surface area contributed by atoms with Crippen LogP contribution in [0.5, 0.6) is 0 Å². The van der Waals surface area contributed by atoms with Crippen LogP contribution in [0.2, 0.25) is 0 Å². The Kier molecular flexibility index (Phi) is 5.00. The van der Waals surface area contributed by atoms with E-state index >= 15 is 0 Å². The Bertz CT molecular complexity index is 774. The number of piperidine rings is 1. The molecule has 3 heterocycles. The van der Waals surface area contributed by atoms with E-state index in [4.69, 9.17) is 9.57 Å². The first-order valence-corrected chi connectivity index (χ1v) is 9.75. The number of H-pyrrole nitrogens is 1. The molecule has 5 heteroatoms. The van der Waals surface area contributed by atoms with Gasteiger partial charge < -0.3 is 19.5 Å². The van der Waals surface area contributed by atoms with E-state index in [-0.39, 0.29) is 11.7 Å². The minimum Gasteiger partial charge on any atom is -0.396 e. The van der Waals surface area contributed by atoms with E-state index in [0.29, 0.717) is 6.61 Å². The third-order valence-corrected chi connectivity index (χ3v) is 5.84. The van der Waals surface area contributed by atoms with Gasteiger partial charge in [0.15, 0.2) is 0 Å². The molecule has 2 aliphatic rings. The molecule has 1 aromatic carbocycles. The number of likely N-dealkylation sites (tertiary alicyclic amines) is 1. The predicted octanol–water partition coefficient (Wildman–Crippen LogP) is 3.75. The van der Waals surface area contributed by atoms with Gasteiger partial charge in [0, 0.05) is 36.6 Å². The highest BCUT2D eigenvalue weighted by molar-refractivity contribution is 5.90. The van der Waals surface area contributed by atoms with Gasteiger partial charge >= 0.3 is 0 Å². The highest BCUT2D eigenvalue weighted by atomic mass is 16.6. The molecule has 2 aliphatic heterocycles. The van der Waals surface area contributed by atoms with Crippen molar-refractivity contribution in [2.75, 3.05) is 26.7 Å². The first-order valence-electron chi connectivity index (χ1n) is 9.75.